The number of aryl methyl sites for hydroxylation is 1. The molecule has 0 saturated carbocycles. The lowest BCUT2D eigenvalue weighted by Gasteiger charge is -2.46. The molecule has 2 aromatic heterocycles. The second-order valence-electron chi connectivity index (χ2n) is 10.2. The summed E-state index contributed by atoms with van der Waals surface area (Å²) in [4.78, 5) is 25.3. The highest BCUT2D eigenvalue weighted by Gasteiger charge is 2.39. The standard InChI is InChI=1S/C24H32N4O4/c1-14-19-16(26-27-21(29)18-10-7-11-31-18)8-6-9-17(19)32-20(14)22(30)25-15-12-23(2,3)28-24(4,5)13-15/h7,10-11,15,28H,6,8-9,12-13H2,1-5H3,(H,25,30)(H,27,29)/b26-16+. The molecule has 2 aliphatic rings. The zero-order chi connectivity index (χ0) is 23.1. The first-order chi connectivity index (χ1) is 15.0. The quantitative estimate of drug-likeness (QED) is 0.628. The van der Waals surface area contributed by atoms with Crippen LogP contribution in [0.1, 0.15) is 91.4 Å². The molecule has 0 aromatic carbocycles. The van der Waals surface area contributed by atoms with Crippen LogP contribution in [0.25, 0.3) is 0 Å². The first-order valence-electron chi connectivity index (χ1n) is 11.2. The molecule has 1 fully saturated rings. The molecular weight excluding hydrogens is 408 g/mol. The first-order valence-corrected chi connectivity index (χ1v) is 11.2. The number of furan rings is 2. The predicted octanol–water partition coefficient (Wildman–Crippen LogP) is 3.69. The van der Waals surface area contributed by atoms with E-state index in [1.807, 2.05) is 6.92 Å². The zero-order valence-electron chi connectivity index (χ0n) is 19.4. The van der Waals surface area contributed by atoms with Crippen molar-refractivity contribution in [1.29, 1.82) is 0 Å². The Hall–Kier alpha value is -2.87. The predicted molar refractivity (Wildman–Crippen MR) is 121 cm³/mol. The highest BCUT2D eigenvalue weighted by molar-refractivity contribution is 6.07. The molecule has 0 atom stereocenters. The molecule has 172 valence electrons. The molecule has 4 rings (SSSR count). The van der Waals surface area contributed by atoms with Crippen molar-refractivity contribution in [3.05, 3.63) is 46.8 Å². The monoisotopic (exact) mass is 440 g/mol. The second kappa shape index (κ2) is 8.24. The summed E-state index contributed by atoms with van der Waals surface area (Å²) in [7, 11) is 0. The second-order valence-corrected chi connectivity index (χ2v) is 10.2. The Labute approximate surface area is 188 Å². The van der Waals surface area contributed by atoms with Crippen LogP contribution in [0.3, 0.4) is 0 Å². The minimum atomic E-state index is -0.412. The van der Waals surface area contributed by atoms with Gasteiger partial charge in [0.1, 0.15) is 5.76 Å². The van der Waals surface area contributed by atoms with E-state index in [2.05, 4.69) is 48.9 Å². The molecule has 1 aliphatic carbocycles. The lowest BCUT2D eigenvalue weighted by Crippen LogP contribution is -2.62. The van der Waals surface area contributed by atoms with Crippen LogP contribution < -0.4 is 16.1 Å². The molecule has 3 N–H and O–H groups in total. The van der Waals surface area contributed by atoms with E-state index in [1.54, 1.807) is 12.1 Å². The summed E-state index contributed by atoms with van der Waals surface area (Å²) in [6, 6.07) is 3.28. The van der Waals surface area contributed by atoms with Gasteiger partial charge in [-0.25, -0.2) is 5.43 Å². The SMILES string of the molecule is Cc1c(C(=O)NC2CC(C)(C)NC(C)(C)C2)oc2c1/C(=N/NC(=O)c1ccco1)CCC2. The van der Waals surface area contributed by atoms with Gasteiger partial charge in [-0.2, -0.15) is 5.10 Å². The van der Waals surface area contributed by atoms with Crippen LogP contribution in [-0.4, -0.2) is 34.6 Å². The summed E-state index contributed by atoms with van der Waals surface area (Å²) in [6.07, 6.45) is 5.40. The number of nitrogens with zero attached hydrogens (tertiary/aromatic N) is 1. The summed E-state index contributed by atoms with van der Waals surface area (Å²) in [5.41, 5.74) is 4.72. The van der Waals surface area contributed by atoms with Gasteiger partial charge in [-0.05, 0) is 72.4 Å². The van der Waals surface area contributed by atoms with E-state index in [0.717, 1.165) is 48.3 Å². The molecule has 0 spiro atoms. The number of fused-ring (bicyclic) bond motifs is 1. The molecular formula is C24H32N4O4. The molecule has 3 heterocycles. The number of hydrogen-bond donors (Lipinski definition) is 3. The van der Waals surface area contributed by atoms with Crippen LogP contribution in [0.15, 0.2) is 32.3 Å². The number of hydrazone groups is 1. The van der Waals surface area contributed by atoms with E-state index in [0.29, 0.717) is 12.2 Å². The Morgan fingerprint density at radius 3 is 2.50 bits per heavy atom. The third-order valence-electron chi connectivity index (χ3n) is 6.09. The molecule has 1 saturated heterocycles. The molecule has 0 unspecified atom stereocenters. The van der Waals surface area contributed by atoms with E-state index >= 15 is 0 Å². The molecule has 0 bridgehead atoms. The summed E-state index contributed by atoms with van der Waals surface area (Å²) < 4.78 is 11.1. The van der Waals surface area contributed by atoms with Crippen molar-refractivity contribution in [1.82, 2.24) is 16.1 Å². The van der Waals surface area contributed by atoms with Gasteiger partial charge in [0, 0.05) is 34.7 Å². The minimum Gasteiger partial charge on any atom is -0.459 e. The number of rotatable bonds is 4. The molecule has 1 aliphatic heterocycles. The fourth-order valence-electron chi connectivity index (χ4n) is 5.25. The van der Waals surface area contributed by atoms with Gasteiger partial charge in [0.05, 0.1) is 12.0 Å². The van der Waals surface area contributed by atoms with Gasteiger partial charge in [-0.15, -0.1) is 0 Å². The van der Waals surface area contributed by atoms with Crippen LogP contribution >= 0.6 is 0 Å². The van der Waals surface area contributed by atoms with Gasteiger partial charge in [0.2, 0.25) is 0 Å². The first kappa shape index (κ1) is 22.3. The zero-order valence-corrected chi connectivity index (χ0v) is 19.4. The number of piperidine rings is 1. The lowest BCUT2D eigenvalue weighted by molar-refractivity contribution is 0.0842. The van der Waals surface area contributed by atoms with Crippen LogP contribution in [0, 0.1) is 6.92 Å². The largest absolute Gasteiger partial charge is 0.459 e. The van der Waals surface area contributed by atoms with Crippen molar-refractivity contribution in [2.24, 2.45) is 5.10 Å². The van der Waals surface area contributed by atoms with E-state index < -0.39 is 5.91 Å². The summed E-state index contributed by atoms with van der Waals surface area (Å²) in [6.45, 7) is 10.5. The maximum atomic E-state index is 13.2. The van der Waals surface area contributed by atoms with Crippen LogP contribution in [-0.2, 0) is 6.42 Å². The van der Waals surface area contributed by atoms with Gasteiger partial charge < -0.3 is 19.5 Å². The van der Waals surface area contributed by atoms with Gasteiger partial charge in [-0.1, -0.05) is 0 Å². The highest BCUT2D eigenvalue weighted by atomic mass is 16.4. The van der Waals surface area contributed by atoms with Crippen LogP contribution in [0.4, 0.5) is 0 Å². The normalized spacial score (nSPS) is 21.2. The average Bonchev–Trinajstić information content (AvgIpc) is 3.32. The third-order valence-corrected chi connectivity index (χ3v) is 6.09. The number of hydrogen-bond acceptors (Lipinski definition) is 6. The fourth-order valence-corrected chi connectivity index (χ4v) is 5.25. The van der Waals surface area contributed by atoms with Gasteiger partial charge >= 0.3 is 5.91 Å². The molecule has 8 nitrogen and oxygen atoms in total. The van der Waals surface area contributed by atoms with E-state index in [1.165, 1.54) is 6.26 Å². The van der Waals surface area contributed by atoms with Crippen LogP contribution in [0.5, 0.6) is 0 Å². The van der Waals surface area contributed by atoms with Gasteiger partial charge in [0.25, 0.3) is 5.91 Å². The smallest absolute Gasteiger partial charge is 0.307 e. The Balaban J connectivity index is 1.53. The van der Waals surface area contributed by atoms with Crippen LogP contribution in [0.2, 0.25) is 0 Å². The van der Waals surface area contributed by atoms with E-state index in [9.17, 15) is 9.59 Å². The average molecular weight is 441 g/mol. The molecule has 8 heteroatoms. The van der Waals surface area contributed by atoms with Gasteiger partial charge in [0.15, 0.2) is 11.5 Å². The molecule has 2 amide bonds. The maximum absolute atomic E-state index is 13.2. The lowest BCUT2D eigenvalue weighted by atomic mass is 9.79. The Kier molecular flexibility index (Phi) is 5.75. The fraction of sp³-hybridized carbons (Fsp3) is 0.542. The molecule has 2 aromatic rings. The summed E-state index contributed by atoms with van der Waals surface area (Å²) in [5.74, 6) is 0.661. The number of nitrogens with one attached hydrogen (secondary N) is 3. The van der Waals surface area contributed by atoms with E-state index in [-0.39, 0.29) is 28.8 Å². The summed E-state index contributed by atoms with van der Waals surface area (Å²) in [5, 5.41) is 11.1. The van der Waals surface area contributed by atoms with Crippen molar-refractivity contribution >= 4 is 17.5 Å². The molecule has 32 heavy (non-hydrogen) atoms. The van der Waals surface area contributed by atoms with E-state index in [4.69, 9.17) is 8.83 Å². The topological polar surface area (TPSA) is 109 Å². The Morgan fingerprint density at radius 1 is 1.12 bits per heavy atom. The maximum Gasteiger partial charge on any atom is 0.307 e. The van der Waals surface area contributed by atoms with Crippen molar-refractivity contribution in [3.8, 4) is 0 Å². The van der Waals surface area contributed by atoms with Crippen molar-refractivity contribution in [2.75, 3.05) is 0 Å². The minimum absolute atomic E-state index is 0.0519. The number of carbonyl (C=O) groups is 2. The van der Waals surface area contributed by atoms with Gasteiger partial charge in [-0.3, -0.25) is 9.59 Å². The number of carbonyl (C=O) groups excluding carboxylic acids is 2. The Bertz CT molecular complexity index is 1030. The molecule has 0 radical (unpaired) electrons. The van der Waals surface area contributed by atoms with Crippen molar-refractivity contribution < 1.29 is 18.4 Å². The van der Waals surface area contributed by atoms with Crippen molar-refractivity contribution in [2.45, 2.75) is 83.8 Å². The Morgan fingerprint density at radius 2 is 1.84 bits per heavy atom. The summed E-state index contributed by atoms with van der Waals surface area (Å²) >= 11 is 0. The van der Waals surface area contributed by atoms with Crippen molar-refractivity contribution in [3.63, 3.8) is 0 Å². The highest BCUT2D eigenvalue weighted by Crippen LogP contribution is 2.32. The third kappa shape index (κ3) is 4.65. The number of amides is 2.